The first-order valence-electron chi connectivity index (χ1n) is 11.8. The minimum Gasteiger partial charge on any atom is -0.480 e. The van der Waals surface area contributed by atoms with Gasteiger partial charge in [-0.05, 0) is 61.3 Å². The molecule has 0 aliphatic carbocycles. The fraction of sp³-hybridized carbons (Fsp3) is 0.393. The molecule has 3 unspecified atom stereocenters. The van der Waals surface area contributed by atoms with Crippen LogP contribution in [-0.4, -0.2) is 25.1 Å². The third-order valence-corrected chi connectivity index (χ3v) is 6.46. The minimum atomic E-state index is -0.530. The molecule has 0 aromatic heterocycles. The highest BCUT2D eigenvalue weighted by molar-refractivity contribution is 5.89. The van der Waals surface area contributed by atoms with Crippen LogP contribution in [0.25, 0.3) is 10.8 Å². The molecule has 4 heteroatoms. The first-order valence-corrected chi connectivity index (χ1v) is 11.8. The second-order valence-corrected chi connectivity index (χ2v) is 9.01. The van der Waals surface area contributed by atoms with Crippen LogP contribution in [0.15, 0.2) is 66.7 Å². The van der Waals surface area contributed by atoms with Gasteiger partial charge in [-0.2, -0.15) is 0 Å². The number of nitrogens with one attached hydrogen (secondary N) is 1. The average Bonchev–Trinajstić information content (AvgIpc) is 2.82. The molecular weight excluding hydrogens is 396 g/mol. The molecule has 1 fully saturated rings. The second-order valence-electron chi connectivity index (χ2n) is 9.01. The number of piperidine rings is 1. The molecule has 1 aliphatic heterocycles. The van der Waals surface area contributed by atoms with Gasteiger partial charge in [0.15, 0.2) is 6.10 Å². The Morgan fingerprint density at radius 2 is 1.84 bits per heavy atom. The third kappa shape index (κ3) is 5.07. The summed E-state index contributed by atoms with van der Waals surface area (Å²) in [6, 6.07) is 22.6. The molecule has 168 valence electrons. The van der Waals surface area contributed by atoms with Gasteiger partial charge in [0.1, 0.15) is 5.75 Å². The van der Waals surface area contributed by atoms with Crippen molar-refractivity contribution >= 4 is 22.4 Å². The van der Waals surface area contributed by atoms with Crippen molar-refractivity contribution in [3.63, 3.8) is 0 Å². The van der Waals surface area contributed by atoms with E-state index in [9.17, 15) is 4.79 Å². The molecule has 3 aromatic rings. The summed E-state index contributed by atoms with van der Waals surface area (Å²) in [5.74, 6) is 1.41. The standard InChI is InChI=1S/C28H34N2O2/c1-4-26(32-27-13-7-11-23-10-5-6-12-25(23)27)28(31)29-21(3)22-14-16-24(17-15-22)30-18-8-9-20(2)19-30/h5-7,10-17,20-21,26H,4,8-9,18-19H2,1-3H3,(H,29,31). The molecule has 1 saturated heterocycles. The lowest BCUT2D eigenvalue weighted by atomic mass is 9.99. The largest absolute Gasteiger partial charge is 0.480 e. The van der Waals surface area contributed by atoms with E-state index in [0.717, 1.165) is 41.1 Å². The summed E-state index contributed by atoms with van der Waals surface area (Å²) in [5.41, 5.74) is 2.37. The van der Waals surface area contributed by atoms with Crippen molar-refractivity contribution in [1.29, 1.82) is 0 Å². The quantitative estimate of drug-likeness (QED) is 0.492. The van der Waals surface area contributed by atoms with Gasteiger partial charge >= 0.3 is 0 Å². The number of hydrogen-bond acceptors (Lipinski definition) is 3. The fourth-order valence-corrected chi connectivity index (χ4v) is 4.56. The van der Waals surface area contributed by atoms with E-state index >= 15 is 0 Å². The van der Waals surface area contributed by atoms with E-state index in [2.05, 4.69) is 53.5 Å². The predicted octanol–water partition coefficient (Wildman–Crippen LogP) is 6.11. The number of carbonyl (C=O) groups is 1. The highest BCUT2D eigenvalue weighted by Gasteiger charge is 2.22. The van der Waals surface area contributed by atoms with E-state index in [1.165, 1.54) is 18.5 Å². The second kappa shape index (κ2) is 10.1. The summed E-state index contributed by atoms with van der Waals surface area (Å²) < 4.78 is 6.17. The van der Waals surface area contributed by atoms with Crippen LogP contribution in [0.2, 0.25) is 0 Å². The lowest BCUT2D eigenvalue weighted by molar-refractivity contribution is -0.128. The number of ether oxygens (including phenoxy) is 1. The molecule has 1 aliphatic rings. The Labute approximate surface area is 191 Å². The van der Waals surface area contributed by atoms with Gasteiger partial charge in [0.05, 0.1) is 6.04 Å². The molecule has 3 aromatic carbocycles. The molecule has 32 heavy (non-hydrogen) atoms. The van der Waals surface area contributed by atoms with Gasteiger partial charge < -0.3 is 15.0 Å². The maximum atomic E-state index is 13.0. The summed E-state index contributed by atoms with van der Waals surface area (Å²) in [6.45, 7) is 8.58. The molecule has 3 atom stereocenters. The van der Waals surface area contributed by atoms with Crippen molar-refractivity contribution in [2.45, 2.75) is 52.2 Å². The van der Waals surface area contributed by atoms with Crippen molar-refractivity contribution in [1.82, 2.24) is 5.32 Å². The van der Waals surface area contributed by atoms with E-state index in [-0.39, 0.29) is 11.9 Å². The first kappa shape index (κ1) is 22.2. The molecule has 4 nitrogen and oxygen atoms in total. The fourth-order valence-electron chi connectivity index (χ4n) is 4.56. The van der Waals surface area contributed by atoms with Gasteiger partial charge in [-0.1, -0.05) is 62.4 Å². The van der Waals surface area contributed by atoms with Crippen molar-refractivity contribution in [2.24, 2.45) is 5.92 Å². The molecule has 0 saturated carbocycles. The number of rotatable bonds is 7. The normalized spacial score (nSPS) is 18.2. The van der Waals surface area contributed by atoms with Gasteiger partial charge in [-0.15, -0.1) is 0 Å². The zero-order valence-electron chi connectivity index (χ0n) is 19.4. The first-order chi connectivity index (χ1) is 15.5. The third-order valence-electron chi connectivity index (χ3n) is 6.46. The molecule has 0 radical (unpaired) electrons. The van der Waals surface area contributed by atoms with Gasteiger partial charge in [0.2, 0.25) is 0 Å². The lowest BCUT2D eigenvalue weighted by Gasteiger charge is -2.33. The van der Waals surface area contributed by atoms with Crippen LogP contribution in [0.3, 0.4) is 0 Å². The van der Waals surface area contributed by atoms with Crippen molar-refractivity contribution in [2.75, 3.05) is 18.0 Å². The molecule has 1 amide bonds. The van der Waals surface area contributed by atoms with E-state index in [4.69, 9.17) is 4.74 Å². The van der Waals surface area contributed by atoms with Gasteiger partial charge in [-0.3, -0.25) is 4.79 Å². The van der Waals surface area contributed by atoms with Gasteiger partial charge in [0, 0.05) is 24.2 Å². The SMILES string of the molecule is CCC(Oc1cccc2ccccc12)C(=O)NC(C)c1ccc(N2CCCC(C)C2)cc1. The summed E-state index contributed by atoms with van der Waals surface area (Å²) in [5, 5.41) is 5.28. The number of amides is 1. The molecule has 0 bridgehead atoms. The highest BCUT2D eigenvalue weighted by Crippen LogP contribution is 2.27. The summed E-state index contributed by atoms with van der Waals surface area (Å²) in [7, 11) is 0. The van der Waals surface area contributed by atoms with E-state index in [1.807, 2.05) is 44.2 Å². The van der Waals surface area contributed by atoms with Crippen LogP contribution >= 0.6 is 0 Å². The Balaban J connectivity index is 1.40. The van der Waals surface area contributed by atoms with E-state index in [1.54, 1.807) is 0 Å². The molecule has 4 rings (SSSR count). The van der Waals surface area contributed by atoms with Crippen molar-refractivity contribution in [3.05, 3.63) is 72.3 Å². The topological polar surface area (TPSA) is 41.6 Å². The highest BCUT2D eigenvalue weighted by atomic mass is 16.5. The van der Waals surface area contributed by atoms with Crippen LogP contribution in [-0.2, 0) is 4.79 Å². The Bertz CT molecular complexity index is 1040. The maximum Gasteiger partial charge on any atom is 0.261 e. The monoisotopic (exact) mass is 430 g/mol. The van der Waals surface area contributed by atoms with Crippen LogP contribution < -0.4 is 15.0 Å². The summed E-state index contributed by atoms with van der Waals surface area (Å²) >= 11 is 0. The van der Waals surface area contributed by atoms with Gasteiger partial charge in [-0.25, -0.2) is 0 Å². The molecular formula is C28H34N2O2. The predicted molar refractivity (Wildman–Crippen MR) is 132 cm³/mol. The summed E-state index contributed by atoms with van der Waals surface area (Å²) in [6.07, 6.45) is 2.65. The molecule has 0 spiro atoms. The number of fused-ring (bicyclic) bond motifs is 1. The zero-order valence-corrected chi connectivity index (χ0v) is 19.4. The number of anilines is 1. The van der Waals surface area contributed by atoms with Crippen LogP contribution in [0.5, 0.6) is 5.75 Å². The summed E-state index contributed by atoms with van der Waals surface area (Å²) in [4.78, 5) is 15.5. The lowest BCUT2D eigenvalue weighted by Crippen LogP contribution is -2.39. The van der Waals surface area contributed by atoms with E-state index in [0.29, 0.717) is 6.42 Å². The van der Waals surface area contributed by atoms with Gasteiger partial charge in [0.25, 0.3) is 5.91 Å². The van der Waals surface area contributed by atoms with Crippen LogP contribution in [0.1, 0.15) is 51.6 Å². The van der Waals surface area contributed by atoms with Crippen LogP contribution in [0.4, 0.5) is 5.69 Å². The van der Waals surface area contributed by atoms with Crippen molar-refractivity contribution < 1.29 is 9.53 Å². The smallest absolute Gasteiger partial charge is 0.261 e. The number of nitrogens with zero attached hydrogens (tertiary/aromatic N) is 1. The average molecular weight is 431 g/mol. The van der Waals surface area contributed by atoms with Crippen molar-refractivity contribution in [3.8, 4) is 5.75 Å². The minimum absolute atomic E-state index is 0.0815. The number of hydrogen-bond donors (Lipinski definition) is 1. The Kier molecular flexibility index (Phi) is 6.99. The number of benzene rings is 3. The van der Waals surface area contributed by atoms with E-state index < -0.39 is 6.10 Å². The maximum absolute atomic E-state index is 13.0. The van der Waals surface area contributed by atoms with Crippen LogP contribution in [0, 0.1) is 5.92 Å². The Morgan fingerprint density at radius 3 is 2.59 bits per heavy atom. The Hall–Kier alpha value is -3.01. The zero-order chi connectivity index (χ0) is 22.5. The Morgan fingerprint density at radius 1 is 1.09 bits per heavy atom. The molecule has 1 N–H and O–H groups in total. The molecule has 1 heterocycles. The number of carbonyl (C=O) groups excluding carboxylic acids is 1.